The summed E-state index contributed by atoms with van der Waals surface area (Å²) in [4.78, 5) is 12.6. The maximum Gasteiger partial charge on any atom is 0.416 e. The summed E-state index contributed by atoms with van der Waals surface area (Å²) < 4.78 is 70.0. The van der Waals surface area contributed by atoms with Gasteiger partial charge < -0.3 is 10.1 Å². The molecule has 1 fully saturated rings. The Hall–Kier alpha value is -2.59. The van der Waals surface area contributed by atoms with Gasteiger partial charge in [0.25, 0.3) is 0 Å². The largest absolute Gasteiger partial charge is 0.416 e. The van der Waals surface area contributed by atoms with Gasteiger partial charge in [-0.05, 0) is 43.0 Å². The van der Waals surface area contributed by atoms with Crippen molar-refractivity contribution in [3.05, 3.63) is 65.7 Å². The Morgan fingerprint density at radius 3 is 2.38 bits per heavy atom. The van der Waals surface area contributed by atoms with Gasteiger partial charge in [0.1, 0.15) is 0 Å². The van der Waals surface area contributed by atoms with E-state index in [4.69, 9.17) is 4.74 Å². The maximum atomic E-state index is 13.0. The van der Waals surface area contributed by atoms with Crippen LogP contribution in [-0.4, -0.2) is 46.9 Å². The molecule has 6 nitrogen and oxygen atoms in total. The number of sulfonamides is 1. The molecule has 0 saturated carbocycles. The molecule has 1 aliphatic rings. The molecular formula is C24H29F3N2O4S. The van der Waals surface area contributed by atoms with Crippen molar-refractivity contribution in [3.63, 3.8) is 0 Å². The first-order valence-electron chi connectivity index (χ1n) is 11.1. The number of hydrogen-bond acceptors (Lipinski definition) is 4. The molecule has 0 atom stereocenters. The Morgan fingerprint density at radius 2 is 1.76 bits per heavy atom. The van der Waals surface area contributed by atoms with Crippen molar-refractivity contribution in [1.29, 1.82) is 0 Å². The minimum atomic E-state index is -4.59. The molecule has 0 spiro atoms. The standard InChI is InChI=1S/C24H29F3N2O4S/c1-34(31,32)29(21-10-5-9-20(17-21)24(25,26)27)14-6-11-22(30)28-18-23(12-15-33-16-13-23)19-7-3-2-4-8-19/h2-5,7-10,17H,6,11-16,18H2,1H3,(H,28,30). The monoisotopic (exact) mass is 498 g/mol. The summed E-state index contributed by atoms with van der Waals surface area (Å²) in [6.07, 6.45) is -1.90. The van der Waals surface area contributed by atoms with E-state index in [1.54, 1.807) is 0 Å². The summed E-state index contributed by atoms with van der Waals surface area (Å²) >= 11 is 0. The van der Waals surface area contributed by atoms with Crippen LogP contribution in [0, 0.1) is 0 Å². The van der Waals surface area contributed by atoms with Crippen LogP contribution in [0.3, 0.4) is 0 Å². The second kappa shape index (κ2) is 10.8. The van der Waals surface area contributed by atoms with Gasteiger partial charge in [-0.1, -0.05) is 36.4 Å². The zero-order valence-electron chi connectivity index (χ0n) is 19.0. The van der Waals surface area contributed by atoms with Gasteiger partial charge in [0.2, 0.25) is 15.9 Å². The molecule has 34 heavy (non-hydrogen) atoms. The zero-order chi connectivity index (χ0) is 24.8. The molecular weight excluding hydrogens is 469 g/mol. The van der Waals surface area contributed by atoms with Gasteiger partial charge in [-0.2, -0.15) is 13.2 Å². The molecule has 3 rings (SSSR count). The van der Waals surface area contributed by atoms with Crippen molar-refractivity contribution in [3.8, 4) is 0 Å². The average molecular weight is 499 g/mol. The molecule has 0 bridgehead atoms. The van der Waals surface area contributed by atoms with Crippen molar-refractivity contribution >= 4 is 21.6 Å². The highest BCUT2D eigenvalue weighted by molar-refractivity contribution is 7.92. The van der Waals surface area contributed by atoms with Crippen molar-refractivity contribution in [2.24, 2.45) is 0 Å². The molecule has 186 valence electrons. The van der Waals surface area contributed by atoms with Gasteiger partial charge in [-0.3, -0.25) is 9.10 Å². The second-order valence-corrected chi connectivity index (χ2v) is 10.4. The molecule has 1 heterocycles. The van der Waals surface area contributed by atoms with Gasteiger partial charge in [0.05, 0.1) is 17.5 Å². The van der Waals surface area contributed by atoms with Crippen molar-refractivity contribution < 1.29 is 31.1 Å². The number of amides is 1. The Bertz CT molecular complexity index is 1070. The molecule has 2 aromatic carbocycles. The van der Waals surface area contributed by atoms with E-state index in [0.29, 0.717) is 19.8 Å². The van der Waals surface area contributed by atoms with Gasteiger partial charge in [-0.15, -0.1) is 0 Å². The van der Waals surface area contributed by atoms with E-state index in [2.05, 4.69) is 5.32 Å². The van der Waals surface area contributed by atoms with Crippen LogP contribution in [0.4, 0.5) is 18.9 Å². The Labute approximate surface area is 198 Å². The highest BCUT2D eigenvalue weighted by Crippen LogP contribution is 2.34. The first-order valence-corrected chi connectivity index (χ1v) is 12.9. The lowest BCUT2D eigenvalue weighted by atomic mass is 9.74. The summed E-state index contributed by atoms with van der Waals surface area (Å²) in [6.45, 7) is 1.53. The minimum absolute atomic E-state index is 0.0480. The number of hydrogen-bond donors (Lipinski definition) is 1. The van der Waals surface area contributed by atoms with Gasteiger partial charge in [0.15, 0.2) is 0 Å². The van der Waals surface area contributed by atoms with Crippen molar-refractivity contribution in [2.45, 2.75) is 37.3 Å². The van der Waals surface area contributed by atoms with Crippen LogP contribution in [-0.2, 0) is 31.1 Å². The molecule has 0 unspecified atom stereocenters. The number of benzene rings is 2. The zero-order valence-corrected chi connectivity index (χ0v) is 19.8. The third-order valence-electron chi connectivity index (χ3n) is 6.09. The topological polar surface area (TPSA) is 75.7 Å². The van der Waals surface area contributed by atoms with Gasteiger partial charge in [-0.25, -0.2) is 8.42 Å². The molecule has 2 aromatic rings. The lowest BCUT2D eigenvalue weighted by Gasteiger charge is -2.38. The third kappa shape index (κ3) is 6.73. The first kappa shape index (κ1) is 26.0. The fourth-order valence-corrected chi connectivity index (χ4v) is 5.14. The van der Waals surface area contributed by atoms with E-state index in [1.165, 1.54) is 12.1 Å². The summed E-state index contributed by atoms with van der Waals surface area (Å²) in [5, 5.41) is 2.96. The smallest absolute Gasteiger partial charge is 0.381 e. The van der Waals surface area contributed by atoms with E-state index in [9.17, 15) is 26.4 Å². The Morgan fingerprint density at radius 1 is 1.09 bits per heavy atom. The van der Waals surface area contributed by atoms with Gasteiger partial charge >= 0.3 is 6.18 Å². The number of carbonyl (C=O) groups is 1. The van der Waals surface area contributed by atoms with Crippen LogP contribution in [0.25, 0.3) is 0 Å². The van der Waals surface area contributed by atoms with E-state index in [-0.39, 0.29) is 36.4 Å². The second-order valence-electron chi connectivity index (χ2n) is 8.52. The quantitative estimate of drug-likeness (QED) is 0.565. The summed E-state index contributed by atoms with van der Waals surface area (Å²) in [7, 11) is -3.83. The Balaban J connectivity index is 1.61. The highest BCUT2D eigenvalue weighted by Gasteiger charge is 2.35. The first-order chi connectivity index (χ1) is 16.0. The fourth-order valence-electron chi connectivity index (χ4n) is 4.18. The van der Waals surface area contributed by atoms with Crippen LogP contribution >= 0.6 is 0 Å². The number of carbonyl (C=O) groups excluding carboxylic acids is 1. The number of rotatable bonds is 9. The van der Waals surface area contributed by atoms with Crippen molar-refractivity contribution in [1.82, 2.24) is 5.32 Å². The van der Waals surface area contributed by atoms with Crippen LogP contribution in [0.1, 0.15) is 36.8 Å². The minimum Gasteiger partial charge on any atom is -0.381 e. The van der Waals surface area contributed by atoms with E-state index in [1.807, 2.05) is 30.3 Å². The lowest BCUT2D eigenvalue weighted by Crippen LogP contribution is -2.44. The third-order valence-corrected chi connectivity index (χ3v) is 7.28. The van der Waals surface area contributed by atoms with Crippen LogP contribution in [0.2, 0.25) is 0 Å². The summed E-state index contributed by atoms with van der Waals surface area (Å²) in [5.74, 6) is -0.237. The van der Waals surface area contributed by atoms with Gasteiger partial charge in [0, 0.05) is 38.1 Å². The maximum absolute atomic E-state index is 13.0. The number of halogens is 3. The molecule has 0 radical (unpaired) electrons. The normalized spacial score (nSPS) is 16.1. The van der Waals surface area contributed by atoms with Crippen LogP contribution in [0.15, 0.2) is 54.6 Å². The number of ether oxygens (including phenoxy) is 1. The number of nitrogens with one attached hydrogen (secondary N) is 1. The molecule has 0 aliphatic carbocycles. The lowest BCUT2D eigenvalue weighted by molar-refractivity contribution is -0.137. The summed E-state index contributed by atoms with van der Waals surface area (Å²) in [6, 6.07) is 14.1. The van der Waals surface area contributed by atoms with E-state index >= 15 is 0 Å². The molecule has 1 amide bonds. The molecule has 1 N–H and O–H groups in total. The van der Waals surface area contributed by atoms with E-state index < -0.39 is 21.8 Å². The van der Waals surface area contributed by atoms with E-state index in [0.717, 1.165) is 41.1 Å². The molecule has 0 aromatic heterocycles. The summed E-state index contributed by atoms with van der Waals surface area (Å²) in [5.41, 5.74) is -0.111. The van der Waals surface area contributed by atoms with Crippen LogP contribution < -0.4 is 9.62 Å². The number of alkyl halides is 3. The number of nitrogens with zero attached hydrogens (tertiary/aromatic N) is 1. The Kier molecular flexibility index (Phi) is 8.25. The average Bonchev–Trinajstić information content (AvgIpc) is 2.80. The SMILES string of the molecule is CS(=O)(=O)N(CCCC(=O)NCC1(c2ccccc2)CCOCC1)c1cccc(C(F)(F)F)c1. The van der Waals surface area contributed by atoms with Crippen molar-refractivity contribution in [2.75, 3.05) is 36.9 Å². The van der Waals surface area contributed by atoms with Crippen LogP contribution in [0.5, 0.6) is 0 Å². The predicted molar refractivity (Wildman–Crippen MR) is 124 cm³/mol. The number of anilines is 1. The molecule has 1 saturated heterocycles. The highest BCUT2D eigenvalue weighted by atomic mass is 32.2. The molecule has 10 heteroatoms. The molecule has 1 aliphatic heterocycles. The fraction of sp³-hybridized carbons (Fsp3) is 0.458. The predicted octanol–water partition coefficient (Wildman–Crippen LogP) is 4.12.